The van der Waals surface area contributed by atoms with Gasteiger partial charge in [0.15, 0.2) is 0 Å². The van der Waals surface area contributed by atoms with Crippen molar-refractivity contribution in [3.8, 4) is 5.75 Å². The molecule has 1 aromatic carbocycles. The predicted octanol–water partition coefficient (Wildman–Crippen LogP) is 2.33. The first-order chi connectivity index (χ1) is 7.63. The summed E-state index contributed by atoms with van der Waals surface area (Å²) in [6.45, 7) is 2.65. The molecule has 1 fully saturated rings. The van der Waals surface area contributed by atoms with Gasteiger partial charge in [0.1, 0.15) is 5.75 Å². The molecule has 0 aliphatic heterocycles. The van der Waals surface area contributed by atoms with Crippen LogP contribution in [0.4, 0.5) is 5.69 Å². The van der Waals surface area contributed by atoms with Gasteiger partial charge in [-0.1, -0.05) is 6.07 Å². The predicted molar refractivity (Wildman–Crippen MR) is 65.0 cm³/mol. The van der Waals surface area contributed by atoms with Crippen LogP contribution in [0, 0.1) is 6.92 Å². The molecule has 2 N–H and O–H groups in total. The molecule has 3 nitrogen and oxygen atoms in total. The van der Waals surface area contributed by atoms with Gasteiger partial charge in [-0.3, -0.25) is 0 Å². The molecule has 1 saturated carbocycles. The van der Waals surface area contributed by atoms with Crippen molar-refractivity contribution in [2.45, 2.75) is 31.8 Å². The summed E-state index contributed by atoms with van der Waals surface area (Å²) >= 11 is 0. The molecule has 1 aliphatic carbocycles. The summed E-state index contributed by atoms with van der Waals surface area (Å²) in [5.74, 6) is 0.827. The van der Waals surface area contributed by atoms with E-state index in [0.717, 1.165) is 30.7 Å². The third-order valence-corrected chi connectivity index (χ3v) is 3.25. The Hall–Kier alpha value is -1.22. The number of hydrogen-bond donors (Lipinski definition) is 2. The Balaban J connectivity index is 2.04. The smallest absolute Gasteiger partial charge is 0.141 e. The molecule has 0 unspecified atom stereocenters. The van der Waals surface area contributed by atoms with Gasteiger partial charge in [-0.25, -0.2) is 0 Å². The molecule has 0 atom stereocenters. The van der Waals surface area contributed by atoms with Gasteiger partial charge in [0.25, 0.3) is 0 Å². The fourth-order valence-corrected chi connectivity index (χ4v) is 1.98. The lowest BCUT2D eigenvalue weighted by Gasteiger charge is -2.37. The van der Waals surface area contributed by atoms with Crippen LogP contribution in [0.5, 0.6) is 5.75 Å². The van der Waals surface area contributed by atoms with Crippen molar-refractivity contribution in [1.82, 2.24) is 0 Å². The zero-order valence-corrected chi connectivity index (χ0v) is 9.92. The largest absolute Gasteiger partial charge is 0.495 e. The monoisotopic (exact) mass is 221 g/mol. The Morgan fingerprint density at radius 3 is 2.75 bits per heavy atom. The first-order valence-corrected chi connectivity index (χ1v) is 5.74. The lowest BCUT2D eigenvalue weighted by molar-refractivity contribution is -0.0202. The third-order valence-electron chi connectivity index (χ3n) is 3.25. The van der Waals surface area contributed by atoms with Crippen LogP contribution in [-0.4, -0.2) is 24.4 Å². The van der Waals surface area contributed by atoms with E-state index in [4.69, 9.17) is 4.74 Å². The second kappa shape index (κ2) is 4.34. The van der Waals surface area contributed by atoms with Crippen LogP contribution in [0.25, 0.3) is 0 Å². The molecule has 1 aromatic rings. The van der Waals surface area contributed by atoms with E-state index in [2.05, 4.69) is 5.32 Å². The third kappa shape index (κ3) is 2.30. The summed E-state index contributed by atoms with van der Waals surface area (Å²) in [6, 6.07) is 6.01. The number of benzene rings is 1. The van der Waals surface area contributed by atoms with Crippen molar-refractivity contribution in [3.05, 3.63) is 23.8 Å². The molecule has 0 radical (unpaired) electrons. The van der Waals surface area contributed by atoms with Crippen LogP contribution in [0.2, 0.25) is 0 Å². The Morgan fingerprint density at radius 2 is 2.19 bits per heavy atom. The SMILES string of the molecule is COc1ccc(C)cc1NCC1(O)CCC1. The van der Waals surface area contributed by atoms with Gasteiger partial charge in [-0.05, 0) is 43.9 Å². The van der Waals surface area contributed by atoms with Crippen molar-refractivity contribution in [3.63, 3.8) is 0 Å². The lowest BCUT2D eigenvalue weighted by Crippen LogP contribution is -2.43. The normalized spacial score (nSPS) is 17.7. The van der Waals surface area contributed by atoms with E-state index in [-0.39, 0.29) is 0 Å². The highest BCUT2D eigenvalue weighted by atomic mass is 16.5. The fourth-order valence-electron chi connectivity index (χ4n) is 1.98. The maximum atomic E-state index is 10.0. The molecule has 0 saturated heterocycles. The zero-order valence-electron chi connectivity index (χ0n) is 9.92. The van der Waals surface area contributed by atoms with Crippen molar-refractivity contribution in [1.29, 1.82) is 0 Å². The maximum Gasteiger partial charge on any atom is 0.141 e. The van der Waals surface area contributed by atoms with Gasteiger partial charge >= 0.3 is 0 Å². The summed E-state index contributed by atoms with van der Waals surface area (Å²) in [5, 5.41) is 13.3. The molecule has 1 aliphatic rings. The summed E-state index contributed by atoms with van der Waals surface area (Å²) in [6.07, 6.45) is 2.92. The lowest BCUT2D eigenvalue weighted by atomic mass is 9.80. The quantitative estimate of drug-likeness (QED) is 0.820. The van der Waals surface area contributed by atoms with Gasteiger partial charge in [-0.15, -0.1) is 0 Å². The number of aliphatic hydroxyl groups is 1. The Bertz CT molecular complexity index is 372. The van der Waals surface area contributed by atoms with Crippen LogP contribution in [0.3, 0.4) is 0 Å². The highest BCUT2D eigenvalue weighted by molar-refractivity contribution is 5.58. The summed E-state index contributed by atoms with van der Waals surface area (Å²) in [4.78, 5) is 0. The number of rotatable bonds is 4. The summed E-state index contributed by atoms with van der Waals surface area (Å²) < 4.78 is 5.27. The molecule has 0 amide bonds. The Morgan fingerprint density at radius 1 is 1.44 bits per heavy atom. The summed E-state index contributed by atoms with van der Waals surface area (Å²) in [5.41, 5.74) is 1.64. The Kier molecular flexibility index (Phi) is 3.06. The number of ether oxygens (including phenoxy) is 1. The zero-order chi connectivity index (χ0) is 11.6. The van der Waals surface area contributed by atoms with E-state index in [1.807, 2.05) is 25.1 Å². The van der Waals surface area contributed by atoms with E-state index < -0.39 is 5.60 Å². The molecular weight excluding hydrogens is 202 g/mol. The minimum atomic E-state index is -0.505. The van der Waals surface area contributed by atoms with E-state index >= 15 is 0 Å². The van der Waals surface area contributed by atoms with Crippen molar-refractivity contribution in [2.75, 3.05) is 19.0 Å². The number of hydrogen-bond acceptors (Lipinski definition) is 3. The van der Waals surface area contributed by atoms with Gasteiger partial charge in [0.2, 0.25) is 0 Å². The van der Waals surface area contributed by atoms with E-state index in [1.165, 1.54) is 5.56 Å². The van der Waals surface area contributed by atoms with Gasteiger partial charge < -0.3 is 15.2 Å². The van der Waals surface area contributed by atoms with Crippen LogP contribution >= 0.6 is 0 Å². The summed E-state index contributed by atoms with van der Waals surface area (Å²) in [7, 11) is 1.66. The second-order valence-corrected chi connectivity index (χ2v) is 4.64. The standard InChI is InChI=1S/C13H19NO2/c1-10-4-5-12(16-2)11(8-10)14-9-13(15)6-3-7-13/h4-5,8,14-15H,3,6-7,9H2,1-2H3. The van der Waals surface area contributed by atoms with Gasteiger partial charge in [0.05, 0.1) is 18.4 Å². The number of methoxy groups -OCH3 is 1. The van der Waals surface area contributed by atoms with Crippen molar-refractivity contribution < 1.29 is 9.84 Å². The minimum Gasteiger partial charge on any atom is -0.495 e. The molecule has 2 rings (SSSR count). The molecule has 88 valence electrons. The average molecular weight is 221 g/mol. The van der Waals surface area contributed by atoms with E-state index in [0.29, 0.717) is 6.54 Å². The molecule has 0 heterocycles. The minimum absolute atomic E-state index is 0.505. The van der Waals surface area contributed by atoms with Crippen molar-refractivity contribution >= 4 is 5.69 Å². The topological polar surface area (TPSA) is 41.5 Å². The molecule has 0 bridgehead atoms. The number of anilines is 1. The van der Waals surface area contributed by atoms with Crippen LogP contribution in [0.15, 0.2) is 18.2 Å². The maximum absolute atomic E-state index is 10.0. The molecular formula is C13H19NO2. The number of aryl methyl sites for hydroxylation is 1. The molecule has 0 spiro atoms. The highest BCUT2D eigenvalue weighted by Gasteiger charge is 2.34. The van der Waals surface area contributed by atoms with Crippen molar-refractivity contribution in [2.24, 2.45) is 0 Å². The van der Waals surface area contributed by atoms with Gasteiger partial charge in [0, 0.05) is 6.54 Å². The number of nitrogens with one attached hydrogen (secondary N) is 1. The Labute approximate surface area is 96.4 Å². The van der Waals surface area contributed by atoms with E-state index in [9.17, 15) is 5.11 Å². The first-order valence-electron chi connectivity index (χ1n) is 5.74. The van der Waals surface area contributed by atoms with Crippen LogP contribution in [-0.2, 0) is 0 Å². The van der Waals surface area contributed by atoms with Crippen LogP contribution in [0.1, 0.15) is 24.8 Å². The van der Waals surface area contributed by atoms with Crippen LogP contribution < -0.4 is 10.1 Å². The molecule has 0 aromatic heterocycles. The molecule has 3 heteroatoms. The first kappa shape index (κ1) is 11.3. The fraction of sp³-hybridized carbons (Fsp3) is 0.538. The second-order valence-electron chi connectivity index (χ2n) is 4.64. The highest BCUT2D eigenvalue weighted by Crippen LogP contribution is 2.33. The molecule has 16 heavy (non-hydrogen) atoms. The van der Waals surface area contributed by atoms with Gasteiger partial charge in [-0.2, -0.15) is 0 Å². The van der Waals surface area contributed by atoms with E-state index in [1.54, 1.807) is 7.11 Å². The average Bonchev–Trinajstić information content (AvgIpc) is 2.24.